The van der Waals surface area contributed by atoms with E-state index < -0.39 is 5.97 Å². The fourth-order valence-corrected chi connectivity index (χ4v) is 2.52. The number of carbonyl (C=O) groups is 2. The fraction of sp³-hybridized carbons (Fsp3) is 0.263. The van der Waals surface area contributed by atoms with Crippen LogP contribution in [0.3, 0.4) is 0 Å². The highest BCUT2D eigenvalue weighted by Crippen LogP contribution is 2.25. The smallest absolute Gasteiger partial charge is 0.338 e. The van der Waals surface area contributed by atoms with Crippen molar-refractivity contribution in [2.75, 3.05) is 26.8 Å². The van der Waals surface area contributed by atoms with Gasteiger partial charge in [-0.15, -0.1) is 0 Å². The molecule has 0 aliphatic carbocycles. The van der Waals surface area contributed by atoms with Crippen LogP contribution in [0.25, 0.3) is 11.1 Å². The minimum Gasteiger partial charge on any atom is -0.465 e. The summed E-state index contributed by atoms with van der Waals surface area (Å²) in [6.07, 6.45) is 0. The summed E-state index contributed by atoms with van der Waals surface area (Å²) >= 11 is 0. The lowest BCUT2D eigenvalue weighted by molar-refractivity contribution is 0.0601. The number of amides is 1. The number of nitrogens with zero attached hydrogens (tertiary/aromatic N) is 1. The minimum atomic E-state index is -0.397. The largest absolute Gasteiger partial charge is 0.465 e. The highest BCUT2D eigenvalue weighted by atomic mass is 16.5. The molecule has 5 heteroatoms. The number of ether oxygens (including phenoxy) is 1. The Bertz CT molecular complexity index is 710. The third-order valence-corrected chi connectivity index (χ3v) is 3.81. The number of hydrogen-bond donors (Lipinski definition) is 1. The number of methoxy groups -OCH3 is 1. The van der Waals surface area contributed by atoms with E-state index in [1.165, 1.54) is 7.11 Å². The molecule has 5 nitrogen and oxygen atoms in total. The van der Waals surface area contributed by atoms with Gasteiger partial charge in [-0.05, 0) is 36.2 Å². The SMILES string of the molecule is CCN(CCO)C(=O)c1ccc(-c2ccccc2C(=O)OC)cc1. The molecular weight excluding hydrogens is 306 g/mol. The second-order valence-electron chi connectivity index (χ2n) is 5.22. The maximum Gasteiger partial charge on any atom is 0.338 e. The predicted octanol–water partition coefficient (Wildman–Crippen LogP) is 2.59. The zero-order valence-corrected chi connectivity index (χ0v) is 13.9. The summed E-state index contributed by atoms with van der Waals surface area (Å²) < 4.78 is 4.81. The molecule has 0 saturated carbocycles. The van der Waals surface area contributed by atoms with Crippen LogP contribution in [0.1, 0.15) is 27.6 Å². The van der Waals surface area contributed by atoms with Gasteiger partial charge >= 0.3 is 5.97 Å². The molecule has 0 aliphatic heterocycles. The number of rotatable bonds is 6. The van der Waals surface area contributed by atoms with Crippen molar-refractivity contribution < 1.29 is 19.4 Å². The van der Waals surface area contributed by atoms with Crippen LogP contribution >= 0.6 is 0 Å². The van der Waals surface area contributed by atoms with Gasteiger partial charge in [-0.3, -0.25) is 4.79 Å². The summed E-state index contributed by atoms with van der Waals surface area (Å²) in [5.74, 6) is -0.523. The van der Waals surface area contributed by atoms with Gasteiger partial charge in [0, 0.05) is 18.7 Å². The van der Waals surface area contributed by atoms with E-state index in [1.807, 2.05) is 31.2 Å². The van der Waals surface area contributed by atoms with E-state index in [9.17, 15) is 9.59 Å². The maximum atomic E-state index is 12.4. The number of aliphatic hydroxyl groups is 1. The van der Waals surface area contributed by atoms with Gasteiger partial charge in [0.25, 0.3) is 5.91 Å². The molecule has 1 N–H and O–H groups in total. The van der Waals surface area contributed by atoms with E-state index in [4.69, 9.17) is 9.84 Å². The lowest BCUT2D eigenvalue weighted by Crippen LogP contribution is -2.33. The molecule has 2 aromatic rings. The van der Waals surface area contributed by atoms with Gasteiger partial charge in [-0.25, -0.2) is 4.79 Å². The Balaban J connectivity index is 2.30. The van der Waals surface area contributed by atoms with Gasteiger partial charge in [0.15, 0.2) is 0 Å². The molecule has 0 atom stereocenters. The summed E-state index contributed by atoms with van der Waals surface area (Å²) in [7, 11) is 1.35. The van der Waals surface area contributed by atoms with Crippen LogP contribution < -0.4 is 0 Å². The van der Waals surface area contributed by atoms with Gasteiger partial charge in [0.2, 0.25) is 0 Å². The van der Waals surface area contributed by atoms with E-state index in [0.717, 1.165) is 11.1 Å². The van der Waals surface area contributed by atoms with Crippen LogP contribution in [0, 0.1) is 0 Å². The first-order valence-electron chi connectivity index (χ1n) is 7.80. The molecule has 0 saturated heterocycles. The molecule has 0 fully saturated rings. The number of esters is 1. The van der Waals surface area contributed by atoms with Gasteiger partial charge in [0.05, 0.1) is 19.3 Å². The van der Waals surface area contributed by atoms with Crippen LogP contribution in [-0.2, 0) is 4.74 Å². The van der Waals surface area contributed by atoms with Crippen LogP contribution in [-0.4, -0.2) is 48.7 Å². The molecular formula is C19H21NO4. The van der Waals surface area contributed by atoms with E-state index in [1.54, 1.807) is 29.2 Å². The highest BCUT2D eigenvalue weighted by molar-refractivity contribution is 5.98. The molecule has 2 aromatic carbocycles. The van der Waals surface area contributed by atoms with Gasteiger partial charge in [0.1, 0.15) is 0 Å². The third-order valence-electron chi connectivity index (χ3n) is 3.81. The Labute approximate surface area is 141 Å². The topological polar surface area (TPSA) is 66.8 Å². The lowest BCUT2D eigenvalue weighted by atomic mass is 9.98. The summed E-state index contributed by atoms with van der Waals surface area (Å²) in [6, 6.07) is 14.2. The van der Waals surface area contributed by atoms with Crippen molar-refractivity contribution in [3.05, 3.63) is 59.7 Å². The highest BCUT2D eigenvalue weighted by Gasteiger charge is 2.15. The number of benzene rings is 2. The lowest BCUT2D eigenvalue weighted by Gasteiger charge is -2.19. The zero-order valence-electron chi connectivity index (χ0n) is 13.9. The molecule has 126 valence electrons. The Morgan fingerprint density at radius 1 is 1.08 bits per heavy atom. The van der Waals surface area contributed by atoms with Gasteiger partial charge < -0.3 is 14.7 Å². The summed E-state index contributed by atoms with van der Waals surface area (Å²) in [6.45, 7) is 2.65. The van der Waals surface area contributed by atoms with Crippen molar-refractivity contribution >= 4 is 11.9 Å². The predicted molar refractivity (Wildman–Crippen MR) is 91.9 cm³/mol. The van der Waals surface area contributed by atoms with E-state index in [0.29, 0.717) is 24.2 Å². The van der Waals surface area contributed by atoms with Crippen molar-refractivity contribution in [3.63, 3.8) is 0 Å². The second kappa shape index (κ2) is 8.26. The molecule has 0 bridgehead atoms. The first kappa shape index (κ1) is 17.7. The van der Waals surface area contributed by atoms with Crippen molar-refractivity contribution in [2.24, 2.45) is 0 Å². The third kappa shape index (κ3) is 3.81. The van der Waals surface area contributed by atoms with Crippen molar-refractivity contribution in [3.8, 4) is 11.1 Å². The summed E-state index contributed by atoms with van der Waals surface area (Å²) in [4.78, 5) is 25.8. The van der Waals surface area contributed by atoms with Crippen LogP contribution in [0.2, 0.25) is 0 Å². The zero-order chi connectivity index (χ0) is 17.5. The van der Waals surface area contributed by atoms with Crippen LogP contribution in [0.4, 0.5) is 0 Å². The fourth-order valence-electron chi connectivity index (χ4n) is 2.52. The normalized spacial score (nSPS) is 10.3. The average Bonchev–Trinajstić information content (AvgIpc) is 2.65. The number of likely N-dealkylation sites (N-methyl/N-ethyl adjacent to an activating group) is 1. The number of aliphatic hydroxyl groups excluding tert-OH is 1. The van der Waals surface area contributed by atoms with Crippen molar-refractivity contribution in [1.29, 1.82) is 0 Å². The van der Waals surface area contributed by atoms with Crippen LogP contribution in [0.5, 0.6) is 0 Å². The Morgan fingerprint density at radius 2 is 1.75 bits per heavy atom. The molecule has 0 unspecified atom stereocenters. The van der Waals surface area contributed by atoms with E-state index in [-0.39, 0.29) is 12.5 Å². The molecule has 0 aromatic heterocycles. The average molecular weight is 327 g/mol. The van der Waals surface area contributed by atoms with Crippen LogP contribution in [0.15, 0.2) is 48.5 Å². The molecule has 0 heterocycles. The number of hydrogen-bond acceptors (Lipinski definition) is 4. The second-order valence-corrected chi connectivity index (χ2v) is 5.22. The Kier molecular flexibility index (Phi) is 6.09. The molecule has 24 heavy (non-hydrogen) atoms. The number of carbonyl (C=O) groups excluding carboxylic acids is 2. The molecule has 0 aliphatic rings. The van der Waals surface area contributed by atoms with Crippen molar-refractivity contribution in [2.45, 2.75) is 6.92 Å². The summed E-state index contributed by atoms with van der Waals surface area (Å²) in [5.41, 5.74) is 2.61. The standard InChI is InChI=1S/C19H21NO4/c1-3-20(12-13-21)18(22)15-10-8-14(9-11-15)16-6-4-5-7-17(16)19(23)24-2/h4-11,21H,3,12-13H2,1-2H3. The first-order chi connectivity index (χ1) is 11.6. The van der Waals surface area contributed by atoms with E-state index in [2.05, 4.69) is 0 Å². The molecule has 0 spiro atoms. The minimum absolute atomic E-state index is 0.0653. The van der Waals surface area contributed by atoms with Gasteiger partial charge in [-0.2, -0.15) is 0 Å². The Hall–Kier alpha value is -2.66. The molecule has 2 rings (SSSR count). The molecule has 1 amide bonds. The maximum absolute atomic E-state index is 12.4. The Morgan fingerprint density at radius 3 is 2.33 bits per heavy atom. The van der Waals surface area contributed by atoms with Crippen molar-refractivity contribution in [1.82, 2.24) is 4.90 Å². The first-order valence-corrected chi connectivity index (χ1v) is 7.80. The quantitative estimate of drug-likeness (QED) is 0.828. The molecule has 0 radical (unpaired) electrons. The van der Waals surface area contributed by atoms with E-state index >= 15 is 0 Å². The van der Waals surface area contributed by atoms with Gasteiger partial charge in [-0.1, -0.05) is 30.3 Å². The monoisotopic (exact) mass is 327 g/mol. The summed E-state index contributed by atoms with van der Waals surface area (Å²) in [5, 5.41) is 9.02.